The first-order valence-electron chi connectivity index (χ1n) is 8.61. The number of amides is 1. The van der Waals surface area contributed by atoms with Gasteiger partial charge in [0, 0.05) is 37.1 Å². The number of piperidine rings is 1. The molecule has 0 radical (unpaired) electrons. The molecule has 3 rings (SSSR count). The van der Waals surface area contributed by atoms with E-state index in [-0.39, 0.29) is 30.8 Å². The van der Waals surface area contributed by atoms with E-state index in [2.05, 4.69) is 0 Å². The molecule has 0 aromatic carbocycles. The van der Waals surface area contributed by atoms with Gasteiger partial charge in [0.15, 0.2) is 0 Å². The molecule has 0 spiro atoms. The van der Waals surface area contributed by atoms with Crippen LogP contribution in [0.15, 0.2) is 16.3 Å². The number of likely N-dealkylation sites (tertiary alicyclic amines) is 1. The number of hydrogen-bond acceptors (Lipinski definition) is 5. The number of thiophene rings is 1. The van der Waals surface area contributed by atoms with Crippen LogP contribution in [0.2, 0.25) is 0 Å². The van der Waals surface area contributed by atoms with Crippen LogP contribution in [-0.2, 0) is 21.2 Å². The van der Waals surface area contributed by atoms with E-state index in [1.807, 2.05) is 4.90 Å². The van der Waals surface area contributed by atoms with Crippen molar-refractivity contribution in [2.45, 2.75) is 48.8 Å². The lowest BCUT2D eigenvalue weighted by atomic mass is 10.2. The van der Waals surface area contributed by atoms with E-state index < -0.39 is 10.0 Å². The molecule has 1 aromatic rings. The fourth-order valence-corrected chi connectivity index (χ4v) is 6.50. The molecular weight excluding hydrogens is 382 g/mol. The fraction of sp³-hybridized carbons (Fsp3) is 0.688. The largest absolute Gasteiger partial charge is 0.338 e. The van der Waals surface area contributed by atoms with Gasteiger partial charge < -0.3 is 10.6 Å². The van der Waals surface area contributed by atoms with Gasteiger partial charge in [0.1, 0.15) is 4.21 Å². The minimum Gasteiger partial charge on any atom is -0.338 e. The SMILES string of the molecule is Cl.NCC1CCCN1C(=O)Cc1ccc(S(=O)(=O)N2CCCCC2)s1. The standard InChI is InChI=1S/C16H25N3O3S2.ClH/c17-12-13-5-4-10-19(13)15(20)11-14-6-7-16(23-14)24(21,22)18-8-2-1-3-9-18;/h6-7,13H,1-5,8-12,17H2;1H. The van der Waals surface area contributed by atoms with Crippen LogP contribution in [0, 0.1) is 0 Å². The molecule has 25 heavy (non-hydrogen) atoms. The van der Waals surface area contributed by atoms with Gasteiger partial charge in [0.05, 0.1) is 6.42 Å². The number of nitrogens with zero attached hydrogens (tertiary/aromatic N) is 2. The highest BCUT2D eigenvalue weighted by atomic mass is 35.5. The van der Waals surface area contributed by atoms with Gasteiger partial charge in [-0.1, -0.05) is 6.42 Å². The first-order chi connectivity index (χ1) is 11.5. The van der Waals surface area contributed by atoms with Crippen molar-refractivity contribution in [1.29, 1.82) is 0 Å². The normalized spacial score (nSPS) is 22.0. The maximum absolute atomic E-state index is 12.7. The maximum atomic E-state index is 12.7. The molecule has 2 aliphatic rings. The van der Waals surface area contributed by atoms with Crippen LogP contribution in [0.1, 0.15) is 37.0 Å². The average molecular weight is 408 g/mol. The van der Waals surface area contributed by atoms with Crippen LogP contribution >= 0.6 is 23.7 Å². The first-order valence-corrected chi connectivity index (χ1v) is 10.9. The van der Waals surface area contributed by atoms with Gasteiger partial charge in [0.2, 0.25) is 5.91 Å². The molecule has 2 aliphatic heterocycles. The second-order valence-electron chi connectivity index (χ2n) is 6.48. The van der Waals surface area contributed by atoms with Gasteiger partial charge in [-0.3, -0.25) is 4.79 Å². The summed E-state index contributed by atoms with van der Waals surface area (Å²) in [5, 5.41) is 0. The summed E-state index contributed by atoms with van der Waals surface area (Å²) in [5.41, 5.74) is 5.72. The van der Waals surface area contributed by atoms with Crippen molar-refractivity contribution >= 4 is 39.7 Å². The van der Waals surface area contributed by atoms with E-state index >= 15 is 0 Å². The minimum absolute atomic E-state index is 0. The third kappa shape index (κ3) is 4.54. The summed E-state index contributed by atoms with van der Waals surface area (Å²) in [4.78, 5) is 15.1. The number of rotatable bonds is 5. The van der Waals surface area contributed by atoms with Crippen LogP contribution in [-0.4, -0.2) is 55.8 Å². The zero-order valence-electron chi connectivity index (χ0n) is 14.2. The fourth-order valence-electron chi connectivity index (χ4n) is 3.48. The van der Waals surface area contributed by atoms with Crippen molar-refractivity contribution in [3.05, 3.63) is 17.0 Å². The number of hydrogen-bond donors (Lipinski definition) is 1. The third-order valence-electron chi connectivity index (χ3n) is 4.84. The molecule has 1 amide bonds. The Bertz CT molecular complexity index is 687. The molecule has 9 heteroatoms. The topological polar surface area (TPSA) is 83.7 Å². The highest BCUT2D eigenvalue weighted by molar-refractivity contribution is 7.91. The molecule has 2 fully saturated rings. The summed E-state index contributed by atoms with van der Waals surface area (Å²) in [7, 11) is -3.40. The van der Waals surface area contributed by atoms with Gasteiger partial charge in [-0.15, -0.1) is 23.7 Å². The van der Waals surface area contributed by atoms with Crippen molar-refractivity contribution in [2.24, 2.45) is 5.73 Å². The minimum atomic E-state index is -3.40. The van der Waals surface area contributed by atoms with Crippen LogP contribution in [0.5, 0.6) is 0 Å². The van der Waals surface area contributed by atoms with Gasteiger partial charge >= 0.3 is 0 Å². The molecule has 0 bridgehead atoms. The van der Waals surface area contributed by atoms with E-state index in [1.165, 1.54) is 11.3 Å². The number of sulfonamides is 1. The lowest BCUT2D eigenvalue weighted by molar-refractivity contribution is -0.131. The molecule has 2 N–H and O–H groups in total. The van der Waals surface area contributed by atoms with Crippen molar-refractivity contribution in [2.75, 3.05) is 26.2 Å². The Morgan fingerprint density at radius 2 is 1.88 bits per heavy atom. The van der Waals surface area contributed by atoms with Crippen molar-refractivity contribution in [3.63, 3.8) is 0 Å². The predicted octanol–water partition coefficient (Wildman–Crippen LogP) is 1.84. The predicted molar refractivity (Wildman–Crippen MR) is 102 cm³/mol. The van der Waals surface area contributed by atoms with Gasteiger partial charge in [-0.2, -0.15) is 4.31 Å². The summed E-state index contributed by atoms with van der Waals surface area (Å²) >= 11 is 1.22. The zero-order valence-corrected chi connectivity index (χ0v) is 16.7. The smallest absolute Gasteiger partial charge is 0.252 e. The van der Waals surface area contributed by atoms with E-state index in [9.17, 15) is 13.2 Å². The van der Waals surface area contributed by atoms with Crippen LogP contribution in [0.3, 0.4) is 0 Å². The molecule has 1 atom stereocenters. The van der Waals surface area contributed by atoms with E-state index in [1.54, 1.807) is 16.4 Å². The molecule has 1 unspecified atom stereocenters. The lowest BCUT2D eigenvalue weighted by Gasteiger charge is -2.25. The van der Waals surface area contributed by atoms with Gasteiger partial charge in [-0.25, -0.2) is 8.42 Å². The summed E-state index contributed by atoms with van der Waals surface area (Å²) < 4.78 is 27.3. The number of nitrogens with two attached hydrogens (primary N) is 1. The molecular formula is C16H26ClN3O3S2. The summed E-state index contributed by atoms with van der Waals surface area (Å²) in [6, 6.07) is 3.54. The Morgan fingerprint density at radius 3 is 2.56 bits per heavy atom. The van der Waals surface area contributed by atoms with Gasteiger partial charge in [-0.05, 0) is 37.8 Å². The second-order valence-corrected chi connectivity index (χ2v) is 9.81. The number of carbonyl (C=O) groups is 1. The maximum Gasteiger partial charge on any atom is 0.252 e. The summed E-state index contributed by atoms with van der Waals surface area (Å²) in [6.45, 7) is 2.44. The zero-order chi connectivity index (χ0) is 17.2. The Labute approximate surface area is 159 Å². The molecule has 142 valence electrons. The first kappa shape index (κ1) is 20.6. The Kier molecular flexibility index (Phi) is 7.28. The van der Waals surface area contributed by atoms with Crippen LogP contribution in [0.4, 0.5) is 0 Å². The van der Waals surface area contributed by atoms with E-state index in [4.69, 9.17) is 5.73 Å². The van der Waals surface area contributed by atoms with Crippen molar-refractivity contribution < 1.29 is 13.2 Å². The quantitative estimate of drug-likeness (QED) is 0.807. The molecule has 3 heterocycles. The molecule has 0 aliphatic carbocycles. The molecule has 1 aromatic heterocycles. The highest BCUT2D eigenvalue weighted by Gasteiger charge is 2.30. The van der Waals surface area contributed by atoms with Crippen molar-refractivity contribution in [1.82, 2.24) is 9.21 Å². The average Bonchev–Trinajstić information content (AvgIpc) is 3.24. The number of halogens is 1. The van der Waals surface area contributed by atoms with Crippen molar-refractivity contribution in [3.8, 4) is 0 Å². The third-order valence-corrected chi connectivity index (χ3v) is 8.29. The molecule has 2 saturated heterocycles. The summed E-state index contributed by atoms with van der Waals surface area (Å²) in [5.74, 6) is 0.0479. The Morgan fingerprint density at radius 1 is 1.16 bits per heavy atom. The number of carbonyl (C=O) groups excluding carboxylic acids is 1. The molecule has 0 saturated carbocycles. The Hall–Kier alpha value is -0.670. The second kappa shape index (κ2) is 8.81. The van der Waals surface area contributed by atoms with Gasteiger partial charge in [0.25, 0.3) is 10.0 Å². The van der Waals surface area contributed by atoms with E-state index in [0.29, 0.717) is 23.8 Å². The molecule has 6 nitrogen and oxygen atoms in total. The monoisotopic (exact) mass is 407 g/mol. The van der Waals surface area contributed by atoms with Crippen LogP contribution in [0.25, 0.3) is 0 Å². The van der Waals surface area contributed by atoms with E-state index in [0.717, 1.165) is 43.5 Å². The Balaban J connectivity index is 0.00000225. The highest BCUT2D eigenvalue weighted by Crippen LogP contribution is 2.28. The van der Waals surface area contributed by atoms with Crippen LogP contribution < -0.4 is 5.73 Å². The lowest BCUT2D eigenvalue weighted by Crippen LogP contribution is -2.40. The summed E-state index contributed by atoms with van der Waals surface area (Å²) in [6.07, 6.45) is 5.15.